The molecule has 176 valence electrons. The van der Waals surface area contributed by atoms with Crippen LogP contribution in [0.15, 0.2) is 72.8 Å². The van der Waals surface area contributed by atoms with E-state index in [1.54, 1.807) is 24.3 Å². The van der Waals surface area contributed by atoms with Crippen molar-refractivity contribution in [2.75, 3.05) is 18.1 Å². The molecule has 2 N–H and O–H groups in total. The van der Waals surface area contributed by atoms with Gasteiger partial charge in [-0.3, -0.25) is 9.59 Å². The van der Waals surface area contributed by atoms with Crippen molar-refractivity contribution in [1.29, 1.82) is 0 Å². The van der Waals surface area contributed by atoms with E-state index in [0.29, 0.717) is 24.1 Å². The molecule has 3 aromatic rings. The molecule has 1 atom stereocenters. The van der Waals surface area contributed by atoms with E-state index in [4.69, 9.17) is 4.74 Å². The van der Waals surface area contributed by atoms with Gasteiger partial charge < -0.3 is 20.1 Å². The molecule has 7 heteroatoms. The highest BCUT2D eigenvalue weighted by Gasteiger charge is 2.55. The minimum absolute atomic E-state index is 0.0572. The van der Waals surface area contributed by atoms with Crippen molar-refractivity contribution in [3.63, 3.8) is 0 Å². The van der Waals surface area contributed by atoms with Crippen LogP contribution in [0, 0.1) is 0 Å². The number of alkyl carbamates (subject to hydrolysis) is 1. The first-order valence-electron chi connectivity index (χ1n) is 11.8. The number of anilines is 1. The zero-order valence-corrected chi connectivity index (χ0v) is 18.9. The van der Waals surface area contributed by atoms with Crippen LogP contribution in [0.2, 0.25) is 0 Å². The maximum Gasteiger partial charge on any atom is 0.408 e. The zero-order chi connectivity index (χ0) is 24.2. The van der Waals surface area contributed by atoms with Crippen molar-refractivity contribution in [3.8, 4) is 11.1 Å². The van der Waals surface area contributed by atoms with Crippen molar-refractivity contribution in [1.82, 2.24) is 5.32 Å². The third-order valence-corrected chi connectivity index (χ3v) is 7.36. The van der Waals surface area contributed by atoms with E-state index in [-0.39, 0.29) is 25.0 Å². The Morgan fingerprint density at radius 3 is 2.06 bits per heavy atom. The summed E-state index contributed by atoms with van der Waals surface area (Å²) in [4.78, 5) is 39.5. The summed E-state index contributed by atoms with van der Waals surface area (Å²) in [6, 6.07) is 23.2. The van der Waals surface area contributed by atoms with Crippen LogP contribution < -0.4 is 10.2 Å². The second-order valence-corrected chi connectivity index (χ2v) is 9.40. The van der Waals surface area contributed by atoms with Gasteiger partial charge in [0.2, 0.25) is 0 Å². The minimum Gasteiger partial charge on any atom is -0.481 e. The average Bonchev–Trinajstić information content (AvgIpc) is 3.43. The van der Waals surface area contributed by atoms with Crippen LogP contribution in [0.25, 0.3) is 11.1 Å². The van der Waals surface area contributed by atoms with Gasteiger partial charge in [0.25, 0.3) is 5.91 Å². The Balaban J connectivity index is 1.16. The molecule has 0 radical (unpaired) electrons. The van der Waals surface area contributed by atoms with Crippen LogP contribution >= 0.6 is 0 Å². The van der Waals surface area contributed by atoms with E-state index < -0.39 is 23.5 Å². The topological polar surface area (TPSA) is 95.9 Å². The van der Waals surface area contributed by atoms with Gasteiger partial charge in [0.15, 0.2) is 0 Å². The van der Waals surface area contributed by atoms with Gasteiger partial charge in [0.1, 0.15) is 18.1 Å². The van der Waals surface area contributed by atoms with Crippen LogP contribution in [0.5, 0.6) is 0 Å². The van der Waals surface area contributed by atoms with Crippen molar-refractivity contribution < 1.29 is 24.2 Å². The molecule has 1 heterocycles. The Labute approximate surface area is 202 Å². The number of carbonyl (C=O) groups excluding carboxylic acids is 2. The van der Waals surface area contributed by atoms with Gasteiger partial charge in [-0.15, -0.1) is 0 Å². The number of fused-ring (bicyclic) bond motifs is 4. The van der Waals surface area contributed by atoms with Crippen LogP contribution in [-0.4, -0.2) is 41.8 Å². The Bertz CT molecular complexity index is 1320. The third kappa shape index (κ3) is 3.46. The number of aliphatic carboxylic acids is 1. The average molecular weight is 469 g/mol. The number of rotatable bonds is 5. The molecule has 2 aliphatic carbocycles. The van der Waals surface area contributed by atoms with Crippen LogP contribution in [-0.2, 0) is 14.3 Å². The molecule has 0 bridgehead atoms. The molecule has 7 nitrogen and oxygen atoms in total. The molecule has 3 aromatic carbocycles. The third-order valence-electron chi connectivity index (χ3n) is 7.36. The first kappa shape index (κ1) is 21.4. The molecule has 35 heavy (non-hydrogen) atoms. The molecule has 0 saturated heterocycles. The molecular weight excluding hydrogens is 444 g/mol. The van der Waals surface area contributed by atoms with E-state index in [0.717, 1.165) is 22.3 Å². The van der Waals surface area contributed by atoms with Gasteiger partial charge in [0, 0.05) is 18.2 Å². The first-order chi connectivity index (χ1) is 17.0. The number of hydrogen-bond donors (Lipinski definition) is 2. The molecule has 6 rings (SSSR count). The second-order valence-electron chi connectivity index (χ2n) is 9.40. The number of nitrogens with zero attached hydrogens (tertiary/aromatic N) is 1. The number of ether oxygens (including phenoxy) is 1. The molecule has 0 aromatic heterocycles. The lowest BCUT2D eigenvalue weighted by atomic mass is 9.98. The number of hydrogen-bond acceptors (Lipinski definition) is 4. The highest BCUT2D eigenvalue weighted by molar-refractivity contribution is 6.06. The number of carbonyl (C=O) groups is 3. The zero-order valence-electron chi connectivity index (χ0n) is 18.9. The lowest BCUT2D eigenvalue weighted by Gasteiger charge is -2.25. The van der Waals surface area contributed by atoms with E-state index in [1.165, 1.54) is 4.90 Å². The lowest BCUT2D eigenvalue weighted by Crippen LogP contribution is -2.51. The Morgan fingerprint density at radius 1 is 0.886 bits per heavy atom. The monoisotopic (exact) mass is 468 g/mol. The maximum absolute atomic E-state index is 13.4. The number of carboxylic acids is 1. The predicted molar refractivity (Wildman–Crippen MR) is 129 cm³/mol. The Morgan fingerprint density at radius 2 is 1.46 bits per heavy atom. The molecule has 3 aliphatic rings. The van der Waals surface area contributed by atoms with E-state index in [9.17, 15) is 19.5 Å². The molecule has 2 amide bonds. The van der Waals surface area contributed by atoms with Gasteiger partial charge in [-0.05, 0) is 46.7 Å². The highest BCUT2D eigenvalue weighted by Crippen LogP contribution is 2.45. The summed E-state index contributed by atoms with van der Waals surface area (Å²) in [5, 5.41) is 12.4. The summed E-state index contributed by atoms with van der Waals surface area (Å²) in [5.41, 5.74) is 4.68. The molecule has 1 aliphatic heterocycles. The standard InChI is InChI=1S/C28H24N2O5/c31-25(32)22-15-30(24-12-6-5-11-21(22)24)26(33)28(13-14-28)29-27(34)35-16-23-19-9-3-1-7-17(19)18-8-2-4-10-20(18)23/h1-12,22-23H,13-16H2,(H,29,34)(H,31,32). The maximum atomic E-state index is 13.4. The Hall–Kier alpha value is -4.13. The summed E-state index contributed by atoms with van der Waals surface area (Å²) >= 11 is 0. The molecule has 1 unspecified atom stereocenters. The molecular formula is C28H24N2O5. The number of para-hydroxylation sites is 1. The minimum atomic E-state index is -1.05. The predicted octanol–water partition coefficient (Wildman–Crippen LogP) is 4.27. The second kappa shape index (κ2) is 7.98. The largest absolute Gasteiger partial charge is 0.481 e. The fourth-order valence-electron chi connectivity index (χ4n) is 5.42. The molecule has 1 saturated carbocycles. The van der Waals surface area contributed by atoms with E-state index in [1.807, 2.05) is 24.3 Å². The summed E-state index contributed by atoms with van der Waals surface area (Å²) < 4.78 is 5.64. The fraction of sp³-hybridized carbons (Fsp3) is 0.250. The van der Waals surface area contributed by atoms with Crippen molar-refractivity contribution in [3.05, 3.63) is 89.5 Å². The summed E-state index contributed by atoms with van der Waals surface area (Å²) in [5.74, 6) is -2.11. The molecule has 1 fully saturated rings. The number of benzene rings is 3. The van der Waals surface area contributed by atoms with Gasteiger partial charge in [-0.2, -0.15) is 0 Å². The number of carboxylic acid groups (broad SMARTS) is 1. The summed E-state index contributed by atoms with van der Waals surface area (Å²) in [6.45, 7) is 0.222. The van der Waals surface area contributed by atoms with E-state index in [2.05, 4.69) is 29.6 Å². The normalized spacial score (nSPS) is 18.9. The van der Waals surface area contributed by atoms with Crippen LogP contribution in [0.1, 0.15) is 41.4 Å². The summed E-state index contributed by atoms with van der Waals surface area (Å²) in [7, 11) is 0. The smallest absolute Gasteiger partial charge is 0.408 e. The van der Waals surface area contributed by atoms with Crippen LogP contribution in [0.3, 0.4) is 0 Å². The van der Waals surface area contributed by atoms with E-state index >= 15 is 0 Å². The van der Waals surface area contributed by atoms with Gasteiger partial charge >= 0.3 is 12.1 Å². The van der Waals surface area contributed by atoms with Gasteiger partial charge in [-0.25, -0.2) is 4.79 Å². The number of amides is 2. The first-order valence-corrected chi connectivity index (χ1v) is 11.8. The summed E-state index contributed by atoms with van der Waals surface area (Å²) in [6.07, 6.45) is 0.346. The van der Waals surface area contributed by atoms with Crippen molar-refractivity contribution in [2.45, 2.75) is 30.2 Å². The molecule has 0 spiro atoms. The SMILES string of the molecule is O=C(NC1(C(=O)N2CC(C(=O)O)c3ccccc32)CC1)OCC1c2ccccc2-c2ccccc21. The van der Waals surface area contributed by atoms with Gasteiger partial charge in [-0.1, -0.05) is 66.7 Å². The van der Waals surface area contributed by atoms with Crippen LogP contribution in [0.4, 0.5) is 10.5 Å². The Kier molecular flexibility index (Phi) is 4.88. The van der Waals surface area contributed by atoms with Crippen molar-refractivity contribution >= 4 is 23.7 Å². The highest BCUT2D eigenvalue weighted by atomic mass is 16.5. The van der Waals surface area contributed by atoms with Crippen molar-refractivity contribution in [2.24, 2.45) is 0 Å². The fourth-order valence-corrected chi connectivity index (χ4v) is 5.42. The lowest BCUT2D eigenvalue weighted by molar-refractivity contribution is -0.138. The van der Waals surface area contributed by atoms with Gasteiger partial charge in [0.05, 0.1) is 0 Å². The quantitative estimate of drug-likeness (QED) is 0.583. The number of nitrogens with one attached hydrogen (secondary N) is 1.